The van der Waals surface area contributed by atoms with Crippen molar-refractivity contribution >= 4 is 48.0 Å². The fourth-order valence-corrected chi connectivity index (χ4v) is 11.6. The molecule has 2 aliphatic carbocycles. The van der Waals surface area contributed by atoms with Crippen molar-refractivity contribution < 1.29 is 8.42 Å². The summed E-state index contributed by atoms with van der Waals surface area (Å²) in [6.45, 7) is 0. The molecule has 3 atom stereocenters. The molecule has 2 bridgehead atoms. The Morgan fingerprint density at radius 1 is 1.17 bits per heavy atom. The lowest BCUT2D eigenvalue weighted by molar-refractivity contribution is 0.388. The monoisotopic (exact) mass is 462 g/mol. The highest BCUT2D eigenvalue weighted by Crippen LogP contribution is 2.42. The minimum atomic E-state index is -3.35. The molecule has 0 radical (unpaired) electrons. The Labute approximate surface area is 149 Å². The van der Waals surface area contributed by atoms with E-state index >= 15 is 0 Å². The number of nitrogens with two attached hydrogens (primary N) is 1. The number of hydrogen-bond acceptors (Lipinski definition) is 4. The first kappa shape index (κ1) is 16.1. The molecule has 0 saturated heterocycles. The molecule has 1 aliphatic heterocycles. The normalized spacial score (nSPS) is 29.6. The molecular weight excluding hydrogens is 443 g/mol. The Hall–Kier alpha value is -0.380. The topological polar surface area (TPSA) is 72.2 Å². The predicted octanol–water partition coefficient (Wildman–Crippen LogP) is 2.96. The van der Waals surface area contributed by atoms with Crippen LogP contribution in [0, 0.1) is 11.8 Å². The number of allylic oxidation sites excluding steroid dienone is 1. The van der Waals surface area contributed by atoms with Crippen LogP contribution in [0.5, 0.6) is 0 Å². The second kappa shape index (κ2) is 6.16. The molecule has 1 heterocycles. The van der Waals surface area contributed by atoms with Crippen molar-refractivity contribution in [1.29, 1.82) is 0 Å². The molecule has 3 unspecified atom stereocenters. The minimum Gasteiger partial charge on any atom is -0.399 e. The average molecular weight is 462 g/mol. The van der Waals surface area contributed by atoms with Gasteiger partial charge in [-0.05, 0) is 99.1 Å². The lowest BCUT2D eigenvalue weighted by Gasteiger charge is -2.23. The highest BCUT2D eigenvalue weighted by molar-refractivity contribution is 14.2. The highest BCUT2D eigenvalue weighted by atomic mass is 127. The van der Waals surface area contributed by atoms with E-state index in [-0.39, 0.29) is 25.4 Å². The Bertz CT molecular complexity index is 804. The highest BCUT2D eigenvalue weighted by Gasteiger charge is 2.41. The molecule has 0 spiro atoms. The van der Waals surface area contributed by atoms with E-state index < -0.39 is 10.0 Å². The molecule has 23 heavy (non-hydrogen) atoms. The Kier molecular flexibility index (Phi) is 4.32. The number of halogens is 1. The van der Waals surface area contributed by atoms with Crippen LogP contribution in [0.15, 0.2) is 28.5 Å². The SMILES string of the molecule is Nc1ccc2c(c1)CC1CCC(C2)C1NS(=O)(=O)C1=CC=IS1. The van der Waals surface area contributed by atoms with E-state index in [0.717, 1.165) is 31.4 Å². The molecule has 3 N–H and O–H groups in total. The molecule has 0 aromatic heterocycles. The summed E-state index contributed by atoms with van der Waals surface area (Å²) in [5.41, 5.74) is 9.36. The quantitative estimate of drug-likeness (QED) is 0.536. The van der Waals surface area contributed by atoms with Crippen LogP contribution in [-0.4, -0.2) is 18.5 Å². The molecule has 7 heteroatoms. The minimum absolute atomic E-state index is 0.0499. The predicted molar refractivity (Wildman–Crippen MR) is 106 cm³/mol. The number of anilines is 1. The smallest absolute Gasteiger partial charge is 0.247 e. The van der Waals surface area contributed by atoms with E-state index in [9.17, 15) is 8.42 Å². The fraction of sp³-hybridized carbons (Fsp3) is 0.438. The first-order valence-electron chi connectivity index (χ1n) is 7.76. The molecule has 1 aromatic carbocycles. The lowest BCUT2D eigenvalue weighted by atomic mass is 9.93. The number of benzene rings is 1. The number of sulfonamides is 1. The van der Waals surface area contributed by atoms with E-state index in [4.69, 9.17) is 5.73 Å². The largest absolute Gasteiger partial charge is 0.399 e. The first-order valence-corrected chi connectivity index (χ1v) is 13.9. The maximum absolute atomic E-state index is 12.6. The standard InChI is InChI=1S/C16H19IN2O2S2/c18-14-4-3-10-7-11-1-2-12(8-13(10)9-14)16(11)19-23(20,21)15-5-6-17-22-15/h3-6,9,11-12,16,19H,1-2,7-8,18H2. The molecule has 1 aromatic rings. The van der Waals surface area contributed by atoms with Gasteiger partial charge in [-0.3, -0.25) is 0 Å². The van der Waals surface area contributed by atoms with Crippen molar-refractivity contribution in [2.75, 3.05) is 5.73 Å². The third kappa shape index (κ3) is 3.12. The summed E-state index contributed by atoms with van der Waals surface area (Å²) in [5, 5.41) is 0. The van der Waals surface area contributed by atoms with E-state index in [1.165, 1.54) is 20.1 Å². The second-order valence-corrected chi connectivity index (χ2v) is 12.7. The third-order valence-corrected chi connectivity index (χ3v) is 12.0. The maximum Gasteiger partial charge on any atom is 0.247 e. The molecule has 1 fully saturated rings. The van der Waals surface area contributed by atoms with Crippen LogP contribution in [0.1, 0.15) is 24.0 Å². The van der Waals surface area contributed by atoms with Gasteiger partial charge >= 0.3 is 0 Å². The van der Waals surface area contributed by atoms with Crippen molar-refractivity contribution in [3.8, 4) is 0 Å². The third-order valence-electron chi connectivity index (χ3n) is 5.05. The van der Waals surface area contributed by atoms with Gasteiger partial charge < -0.3 is 5.73 Å². The molecule has 4 rings (SSSR count). The van der Waals surface area contributed by atoms with E-state index in [2.05, 4.69) is 16.9 Å². The van der Waals surface area contributed by atoms with Crippen LogP contribution >= 0.6 is 28.3 Å². The Morgan fingerprint density at radius 3 is 2.61 bits per heavy atom. The summed E-state index contributed by atoms with van der Waals surface area (Å²) in [4.78, 5) is 0. The van der Waals surface area contributed by atoms with E-state index in [1.54, 1.807) is 6.08 Å². The van der Waals surface area contributed by atoms with Gasteiger partial charge in [0.2, 0.25) is 10.0 Å². The molecule has 124 valence electrons. The number of hydrogen-bond donors (Lipinski definition) is 2. The fourth-order valence-electron chi connectivity index (χ4n) is 3.96. The summed E-state index contributed by atoms with van der Waals surface area (Å²) in [5.74, 6) is 0.772. The van der Waals surface area contributed by atoms with Gasteiger partial charge in [0.15, 0.2) is 0 Å². The zero-order valence-electron chi connectivity index (χ0n) is 12.5. The Morgan fingerprint density at radius 2 is 1.91 bits per heavy atom. The van der Waals surface area contributed by atoms with Crippen LogP contribution in [0.2, 0.25) is 0 Å². The van der Waals surface area contributed by atoms with Crippen LogP contribution in [0.25, 0.3) is 0 Å². The second-order valence-electron chi connectivity index (χ2n) is 6.46. The van der Waals surface area contributed by atoms with Crippen LogP contribution in [-0.2, 0) is 22.9 Å². The molecule has 3 aliphatic rings. The van der Waals surface area contributed by atoms with Crippen LogP contribution in [0.4, 0.5) is 5.69 Å². The lowest BCUT2D eigenvalue weighted by Crippen LogP contribution is -2.41. The van der Waals surface area contributed by atoms with E-state index in [0.29, 0.717) is 16.1 Å². The van der Waals surface area contributed by atoms with Gasteiger partial charge in [-0.25, -0.2) is 13.1 Å². The van der Waals surface area contributed by atoms with E-state index in [1.807, 2.05) is 10.1 Å². The number of fused-ring (bicyclic) bond motifs is 3. The number of nitrogens with one attached hydrogen (secondary N) is 1. The summed E-state index contributed by atoms with van der Waals surface area (Å²) in [6, 6.07) is 6.19. The number of nitrogen functional groups attached to an aromatic ring is 1. The maximum atomic E-state index is 12.6. The Balaban J connectivity index is 1.60. The van der Waals surface area contributed by atoms with Gasteiger partial charge in [-0.15, -0.1) is 0 Å². The average Bonchev–Trinajstić information content (AvgIpc) is 3.10. The summed E-state index contributed by atoms with van der Waals surface area (Å²) in [6.07, 6.45) is 5.85. The number of rotatable bonds is 3. The van der Waals surface area contributed by atoms with Gasteiger partial charge in [0.25, 0.3) is 0 Å². The van der Waals surface area contributed by atoms with Crippen molar-refractivity contribution in [1.82, 2.24) is 4.72 Å². The van der Waals surface area contributed by atoms with Crippen LogP contribution in [0.3, 0.4) is 0 Å². The van der Waals surface area contributed by atoms with Crippen molar-refractivity contribution in [2.24, 2.45) is 11.8 Å². The zero-order chi connectivity index (χ0) is 16.0. The zero-order valence-corrected chi connectivity index (χ0v) is 16.3. The van der Waals surface area contributed by atoms with Crippen LogP contribution < -0.4 is 10.5 Å². The van der Waals surface area contributed by atoms with Crippen molar-refractivity contribution in [2.45, 2.75) is 31.7 Å². The van der Waals surface area contributed by atoms with Gasteiger partial charge in [-0.1, -0.05) is 6.07 Å². The molecule has 0 amide bonds. The molecule has 4 nitrogen and oxygen atoms in total. The summed E-state index contributed by atoms with van der Waals surface area (Å²) in [7, 11) is -1.85. The van der Waals surface area contributed by atoms with Crippen molar-refractivity contribution in [3.63, 3.8) is 0 Å². The van der Waals surface area contributed by atoms with Gasteiger partial charge in [0.05, 0.1) is 0 Å². The van der Waals surface area contributed by atoms with Gasteiger partial charge in [-0.2, -0.15) is 0 Å². The molecular formula is C16H19IN2O2S2. The molecule has 1 saturated carbocycles. The first-order chi connectivity index (χ1) is 11.0. The summed E-state index contributed by atoms with van der Waals surface area (Å²) < 4.78 is 30.8. The van der Waals surface area contributed by atoms with Crippen molar-refractivity contribution in [3.05, 3.63) is 39.6 Å². The summed E-state index contributed by atoms with van der Waals surface area (Å²) >= 11 is -0.177. The van der Waals surface area contributed by atoms with Gasteiger partial charge in [0, 0.05) is 11.7 Å². The van der Waals surface area contributed by atoms with Gasteiger partial charge in [0.1, 0.15) is 4.24 Å².